The number of aryl methyl sites for hydroxylation is 1. The summed E-state index contributed by atoms with van der Waals surface area (Å²) in [5, 5.41) is 18.8. The van der Waals surface area contributed by atoms with Gasteiger partial charge in [-0.2, -0.15) is 0 Å². The van der Waals surface area contributed by atoms with Crippen molar-refractivity contribution in [3.05, 3.63) is 59.7 Å². The van der Waals surface area contributed by atoms with Crippen molar-refractivity contribution in [2.75, 3.05) is 10.8 Å². The van der Waals surface area contributed by atoms with Crippen molar-refractivity contribution in [3.63, 3.8) is 0 Å². The number of aliphatic hydroxyl groups excluding tert-OH is 1. The first-order valence-electron chi connectivity index (χ1n) is 7.33. The number of aromatic carboxylic acids is 1. The predicted octanol–water partition coefficient (Wildman–Crippen LogP) is 2.27. The summed E-state index contributed by atoms with van der Waals surface area (Å²) >= 11 is 0. The van der Waals surface area contributed by atoms with Crippen molar-refractivity contribution in [2.24, 2.45) is 0 Å². The molecule has 0 radical (unpaired) electrons. The zero-order valence-electron chi connectivity index (χ0n) is 13.4. The van der Waals surface area contributed by atoms with E-state index in [0.29, 0.717) is 11.3 Å². The summed E-state index contributed by atoms with van der Waals surface area (Å²) < 4.78 is 27.3. The van der Waals surface area contributed by atoms with E-state index in [9.17, 15) is 18.3 Å². The summed E-state index contributed by atoms with van der Waals surface area (Å²) in [7, 11) is -4.03. The van der Waals surface area contributed by atoms with Gasteiger partial charge in [0, 0.05) is 0 Å². The average molecular weight is 349 g/mol. The fourth-order valence-electron chi connectivity index (χ4n) is 2.31. The highest BCUT2D eigenvalue weighted by atomic mass is 32.2. The minimum Gasteiger partial charge on any atom is -0.478 e. The van der Waals surface area contributed by atoms with Crippen LogP contribution in [0.1, 0.15) is 22.8 Å². The van der Waals surface area contributed by atoms with Crippen molar-refractivity contribution in [1.82, 2.24) is 0 Å². The maximum Gasteiger partial charge on any atom is 0.335 e. The maximum atomic E-state index is 13.1. The summed E-state index contributed by atoms with van der Waals surface area (Å²) in [6, 6.07) is 12.4. The molecule has 2 N–H and O–H groups in total. The molecule has 2 aromatic carbocycles. The fraction of sp³-hybridized carbons (Fsp3) is 0.235. The smallest absolute Gasteiger partial charge is 0.335 e. The van der Waals surface area contributed by atoms with Crippen LogP contribution < -0.4 is 4.31 Å². The number of carbonyl (C=O) groups is 1. The van der Waals surface area contributed by atoms with E-state index in [1.165, 1.54) is 19.1 Å². The summed E-state index contributed by atoms with van der Waals surface area (Å²) in [5.41, 5.74) is 0.731. The highest BCUT2D eigenvalue weighted by Gasteiger charge is 2.28. The second-order valence-corrected chi connectivity index (χ2v) is 7.34. The van der Waals surface area contributed by atoms with Gasteiger partial charge < -0.3 is 10.2 Å². The number of para-hydroxylation sites is 1. The lowest BCUT2D eigenvalue weighted by atomic mass is 10.1. The molecule has 0 saturated heterocycles. The molecule has 0 aliphatic heterocycles. The number of benzene rings is 2. The highest BCUT2D eigenvalue weighted by Crippen LogP contribution is 2.26. The largest absolute Gasteiger partial charge is 0.478 e. The van der Waals surface area contributed by atoms with E-state index in [2.05, 4.69) is 0 Å². The molecule has 0 aromatic heterocycles. The Morgan fingerprint density at radius 1 is 1.17 bits per heavy atom. The van der Waals surface area contributed by atoms with E-state index in [1.54, 1.807) is 37.3 Å². The molecule has 0 bridgehead atoms. The van der Waals surface area contributed by atoms with Gasteiger partial charge >= 0.3 is 5.97 Å². The van der Waals surface area contributed by atoms with Crippen LogP contribution in [0, 0.1) is 6.92 Å². The van der Waals surface area contributed by atoms with Crippen LogP contribution in [0.2, 0.25) is 0 Å². The van der Waals surface area contributed by atoms with Crippen LogP contribution in [0.15, 0.2) is 53.4 Å². The standard InChI is InChI=1S/C17H19NO5S/c1-12-8-9-14(17(20)21)10-16(12)24(22,23)18(11-13(2)19)15-6-4-3-5-7-15/h3-10,13,19H,11H2,1-2H3,(H,20,21)/t13-/m1/s1. The van der Waals surface area contributed by atoms with Crippen LogP contribution in [0.4, 0.5) is 5.69 Å². The molecular formula is C17H19NO5S. The number of rotatable bonds is 6. The minimum atomic E-state index is -4.03. The number of hydrogen-bond donors (Lipinski definition) is 2. The van der Waals surface area contributed by atoms with Crippen LogP contribution in [-0.4, -0.2) is 37.2 Å². The lowest BCUT2D eigenvalue weighted by Crippen LogP contribution is -2.37. The van der Waals surface area contributed by atoms with Gasteiger partial charge in [-0.3, -0.25) is 4.31 Å². The van der Waals surface area contributed by atoms with Crippen LogP contribution in [-0.2, 0) is 10.0 Å². The van der Waals surface area contributed by atoms with Gasteiger partial charge in [0.05, 0.1) is 28.8 Å². The number of sulfonamides is 1. The van der Waals surface area contributed by atoms with Gasteiger partial charge in [0.2, 0.25) is 0 Å². The molecule has 1 atom stereocenters. The van der Waals surface area contributed by atoms with E-state index < -0.39 is 22.1 Å². The van der Waals surface area contributed by atoms with E-state index in [0.717, 1.165) is 10.4 Å². The van der Waals surface area contributed by atoms with E-state index in [4.69, 9.17) is 5.11 Å². The molecule has 7 heteroatoms. The van der Waals surface area contributed by atoms with Crippen molar-refractivity contribution in [3.8, 4) is 0 Å². The molecule has 0 spiro atoms. The third kappa shape index (κ3) is 3.74. The Kier molecular flexibility index (Phi) is 5.26. The molecular weight excluding hydrogens is 330 g/mol. The average Bonchev–Trinajstić information content (AvgIpc) is 2.53. The summed E-state index contributed by atoms with van der Waals surface area (Å²) in [5.74, 6) is -1.20. The van der Waals surface area contributed by atoms with Crippen LogP contribution in [0.5, 0.6) is 0 Å². The molecule has 0 aliphatic carbocycles. The molecule has 0 fully saturated rings. The molecule has 0 aliphatic rings. The summed E-state index contributed by atoms with van der Waals surface area (Å²) in [4.78, 5) is 11.1. The molecule has 6 nitrogen and oxygen atoms in total. The SMILES string of the molecule is Cc1ccc(C(=O)O)cc1S(=O)(=O)N(C[C@@H](C)O)c1ccccc1. The number of nitrogens with zero attached hydrogens (tertiary/aromatic N) is 1. The molecule has 2 rings (SSSR count). The van der Waals surface area contributed by atoms with Crippen molar-refractivity contribution < 1.29 is 23.4 Å². The topological polar surface area (TPSA) is 94.9 Å². The second kappa shape index (κ2) is 7.02. The number of anilines is 1. The van der Waals surface area contributed by atoms with Crippen LogP contribution >= 0.6 is 0 Å². The Morgan fingerprint density at radius 3 is 2.33 bits per heavy atom. The molecule has 128 valence electrons. The van der Waals surface area contributed by atoms with E-state index >= 15 is 0 Å². The van der Waals surface area contributed by atoms with Gasteiger partial charge in [-0.25, -0.2) is 13.2 Å². The highest BCUT2D eigenvalue weighted by molar-refractivity contribution is 7.92. The Balaban J connectivity index is 2.60. The molecule has 0 amide bonds. The zero-order chi connectivity index (χ0) is 17.9. The second-order valence-electron chi connectivity index (χ2n) is 5.51. The van der Waals surface area contributed by atoms with E-state index in [-0.39, 0.29) is 17.0 Å². The Hall–Kier alpha value is -2.38. The van der Waals surface area contributed by atoms with Crippen LogP contribution in [0.3, 0.4) is 0 Å². The van der Waals surface area contributed by atoms with Gasteiger partial charge in [-0.15, -0.1) is 0 Å². The Labute approximate surface area is 141 Å². The lowest BCUT2D eigenvalue weighted by Gasteiger charge is -2.26. The molecule has 0 saturated carbocycles. The maximum absolute atomic E-state index is 13.1. The minimum absolute atomic E-state index is 0.0908. The normalized spacial score (nSPS) is 12.6. The Bertz CT molecular complexity index is 831. The zero-order valence-corrected chi connectivity index (χ0v) is 14.2. The van der Waals surface area contributed by atoms with E-state index in [1.807, 2.05) is 0 Å². The molecule has 24 heavy (non-hydrogen) atoms. The first kappa shape index (κ1) is 18.0. The lowest BCUT2D eigenvalue weighted by molar-refractivity contribution is 0.0696. The van der Waals surface area contributed by atoms with Gasteiger partial charge in [-0.1, -0.05) is 24.3 Å². The monoisotopic (exact) mass is 349 g/mol. The summed E-state index contributed by atoms with van der Waals surface area (Å²) in [6.07, 6.45) is -0.886. The van der Waals surface area contributed by atoms with Crippen molar-refractivity contribution >= 4 is 21.7 Å². The quantitative estimate of drug-likeness (QED) is 0.834. The van der Waals surface area contributed by atoms with Gasteiger partial charge in [0.1, 0.15) is 0 Å². The van der Waals surface area contributed by atoms with Crippen molar-refractivity contribution in [1.29, 1.82) is 0 Å². The predicted molar refractivity (Wildman–Crippen MR) is 90.8 cm³/mol. The number of carboxylic acids is 1. The van der Waals surface area contributed by atoms with Gasteiger partial charge in [0.15, 0.2) is 0 Å². The number of carboxylic acid groups (broad SMARTS) is 1. The first-order valence-corrected chi connectivity index (χ1v) is 8.77. The third-order valence-corrected chi connectivity index (χ3v) is 5.41. The summed E-state index contributed by atoms with van der Waals surface area (Å²) in [6.45, 7) is 2.96. The number of hydrogen-bond acceptors (Lipinski definition) is 4. The number of aliphatic hydroxyl groups is 1. The van der Waals surface area contributed by atoms with Crippen LogP contribution in [0.25, 0.3) is 0 Å². The molecule has 0 unspecified atom stereocenters. The molecule has 2 aromatic rings. The molecule has 0 heterocycles. The third-order valence-electron chi connectivity index (χ3n) is 3.48. The van der Waals surface area contributed by atoms with Crippen molar-refractivity contribution in [2.45, 2.75) is 24.8 Å². The van der Waals surface area contributed by atoms with Gasteiger partial charge in [-0.05, 0) is 43.7 Å². The first-order chi connectivity index (χ1) is 11.2. The Morgan fingerprint density at radius 2 is 1.79 bits per heavy atom. The fourth-order valence-corrected chi connectivity index (χ4v) is 4.11. The van der Waals surface area contributed by atoms with Gasteiger partial charge in [0.25, 0.3) is 10.0 Å².